The summed E-state index contributed by atoms with van der Waals surface area (Å²) >= 11 is 0. The van der Waals surface area contributed by atoms with Gasteiger partial charge in [0.15, 0.2) is 17.5 Å². The van der Waals surface area contributed by atoms with E-state index in [4.69, 9.17) is 15.0 Å². The minimum Gasteiger partial charge on any atom is -0.309 e. The molecule has 7 heterocycles. The Morgan fingerprint density at radius 3 is 0.876 bits per heavy atom. The Labute approximate surface area is 509 Å². The average molecular weight is 1140 g/mol. The standard InChI is InChI=1S/C80H49N9/c1-8-25-68-58(18-1)59-19-2-9-26-69(59)87(68)56-40-42-75-66(47-56)63-23-6-13-30-73(63)85(75)53-36-32-50(33-37-53)78-82-79(84-80(83-78)52-16-15-17-55(46-52)89-72-29-12-5-22-62(72)65-44-45-81-49-77(65)89)51-34-38-54(39-35-51)86-74-31-14-7-24-64(74)67-48-57(41-43-76(67)86)88-70-27-10-3-20-60(70)61-21-4-11-28-71(61)88/h1-49H. The molecule has 9 heteroatoms. The fourth-order valence-electron chi connectivity index (χ4n) is 14.3. The number of rotatable bonds is 8. The quantitative estimate of drug-likeness (QED) is 0.152. The van der Waals surface area contributed by atoms with Crippen LogP contribution < -0.4 is 0 Å². The SMILES string of the molecule is c1cc(-c2nc(-c3ccc(-n4c5ccccc5c5cc(-n6c7ccccc7c7ccccc76)ccc54)cc3)nc(-c3ccc(-n4c5ccccc5c5cc(-n6c7ccccc7c7ccccc76)ccc54)cc3)n2)cc(-n2c3ccccc3c3ccncc32)c1. The minimum absolute atomic E-state index is 0.571. The molecule has 414 valence electrons. The molecule has 0 aliphatic carbocycles. The Hall–Kier alpha value is -12.2. The molecule has 0 bridgehead atoms. The Kier molecular flexibility index (Phi) is 10.6. The molecule has 0 saturated heterocycles. The van der Waals surface area contributed by atoms with Crippen LogP contribution in [0.1, 0.15) is 0 Å². The number of para-hydroxylation sites is 7. The lowest BCUT2D eigenvalue weighted by atomic mass is 10.1. The molecule has 0 aliphatic heterocycles. The Bertz CT molecular complexity index is 5660. The van der Waals surface area contributed by atoms with E-state index >= 15 is 0 Å². The van der Waals surface area contributed by atoms with Gasteiger partial charge in [0.2, 0.25) is 0 Å². The first-order valence-corrected chi connectivity index (χ1v) is 30.1. The summed E-state index contributed by atoms with van der Waals surface area (Å²) in [5.74, 6) is 1.72. The lowest BCUT2D eigenvalue weighted by molar-refractivity contribution is 1.07. The highest BCUT2D eigenvalue weighted by Crippen LogP contribution is 2.41. The number of hydrogen-bond donors (Lipinski definition) is 0. The molecule has 0 atom stereocenters. The zero-order valence-corrected chi connectivity index (χ0v) is 47.8. The van der Waals surface area contributed by atoms with E-state index < -0.39 is 0 Å². The second-order valence-electron chi connectivity index (χ2n) is 23.0. The normalized spacial score (nSPS) is 12.0. The van der Waals surface area contributed by atoms with Crippen molar-refractivity contribution in [3.05, 3.63) is 298 Å². The van der Waals surface area contributed by atoms with Crippen LogP contribution in [0.4, 0.5) is 0 Å². The molecule has 9 nitrogen and oxygen atoms in total. The Morgan fingerprint density at radius 1 is 0.191 bits per heavy atom. The van der Waals surface area contributed by atoms with E-state index in [9.17, 15) is 0 Å². The molecule has 0 spiro atoms. The number of nitrogens with zero attached hydrogens (tertiary/aromatic N) is 9. The maximum absolute atomic E-state index is 5.34. The predicted molar refractivity (Wildman–Crippen MR) is 366 cm³/mol. The molecule has 7 aromatic heterocycles. The van der Waals surface area contributed by atoms with E-state index in [1.165, 1.54) is 70.5 Å². The van der Waals surface area contributed by atoms with Crippen molar-refractivity contribution in [2.75, 3.05) is 0 Å². The molecule has 0 radical (unpaired) electrons. The highest BCUT2D eigenvalue weighted by molar-refractivity contribution is 6.15. The van der Waals surface area contributed by atoms with Gasteiger partial charge in [0.05, 0.1) is 61.4 Å². The van der Waals surface area contributed by atoms with Crippen LogP contribution in [0.25, 0.3) is 172 Å². The van der Waals surface area contributed by atoms with Gasteiger partial charge in [-0.3, -0.25) is 4.98 Å². The zero-order chi connectivity index (χ0) is 58.3. The number of benzene rings is 12. The third kappa shape index (κ3) is 7.42. The number of hydrogen-bond acceptors (Lipinski definition) is 4. The summed E-state index contributed by atoms with van der Waals surface area (Å²) in [6.07, 6.45) is 3.81. The van der Waals surface area contributed by atoms with Gasteiger partial charge in [0.1, 0.15) is 0 Å². The van der Waals surface area contributed by atoms with Crippen LogP contribution in [0.3, 0.4) is 0 Å². The molecule has 0 N–H and O–H groups in total. The molecule has 0 amide bonds. The maximum Gasteiger partial charge on any atom is 0.164 e. The molecule has 12 aromatic carbocycles. The average Bonchev–Trinajstić information content (AvgIpc) is 1.74. The van der Waals surface area contributed by atoms with E-state index in [1.807, 2.05) is 12.4 Å². The van der Waals surface area contributed by atoms with Gasteiger partial charge in [-0.1, -0.05) is 140 Å². The maximum atomic E-state index is 5.34. The van der Waals surface area contributed by atoms with Crippen molar-refractivity contribution in [3.8, 4) is 62.6 Å². The van der Waals surface area contributed by atoms with Crippen LogP contribution in [0.5, 0.6) is 0 Å². The number of aromatic nitrogens is 9. The van der Waals surface area contributed by atoms with Crippen molar-refractivity contribution in [2.24, 2.45) is 0 Å². The fourth-order valence-corrected chi connectivity index (χ4v) is 14.3. The van der Waals surface area contributed by atoms with E-state index in [-0.39, 0.29) is 0 Å². The van der Waals surface area contributed by atoms with Crippen molar-refractivity contribution in [2.45, 2.75) is 0 Å². The van der Waals surface area contributed by atoms with Gasteiger partial charge < -0.3 is 22.8 Å². The summed E-state index contributed by atoms with van der Waals surface area (Å²) in [5, 5.41) is 12.0. The zero-order valence-electron chi connectivity index (χ0n) is 47.8. The fraction of sp³-hybridized carbons (Fsp3) is 0. The van der Waals surface area contributed by atoms with Crippen molar-refractivity contribution < 1.29 is 0 Å². The van der Waals surface area contributed by atoms with E-state index in [0.717, 1.165) is 83.6 Å². The van der Waals surface area contributed by atoms with Gasteiger partial charge in [-0.15, -0.1) is 0 Å². The molecule has 0 fully saturated rings. The molecular formula is C80H49N9. The summed E-state index contributed by atoms with van der Waals surface area (Å²) in [5.41, 5.74) is 19.3. The van der Waals surface area contributed by atoms with Crippen molar-refractivity contribution in [3.63, 3.8) is 0 Å². The predicted octanol–water partition coefficient (Wildman–Crippen LogP) is 19.8. The van der Waals surface area contributed by atoms with Gasteiger partial charge in [-0.05, 0) is 146 Å². The van der Waals surface area contributed by atoms with Crippen LogP contribution in [-0.2, 0) is 0 Å². The second-order valence-corrected chi connectivity index (χ2v) is 23.0. The molecule has 0 unspecified atom stereocenters. The monoisotopic (exact) mass is 1140 g/mol. The third-order valence-corrected chi connectivity index (χ3v) is 18.2. The lowest BCUT2D eigenvalue weighted by Gasteiger charge is -2.13. The van der Waals surface area contributed by atoms with Crippen LogP contribution in [0.2, 0.25) is 0 Å². The first-order valence-electron chi connectivity index (χ1n) is 30.1. The topological polar surface area (TPSA) is 76.2 Å². The Morgan fingerprint density at radius 2 is 0.483 bits per heavy atom. The highest BCUT2D eigenvalue weighted by Gasteiger charge is 2.21. The van der Waals surface area contributed by atoms with Crippen LogP contribution in [0, 0.1) is 0 Å². The third-order valence-electron chi connectivity index (χ3n) is 18.2. The van der Waals surface area contributed by atoms with E-state index in [2.05, 4.69) is 313 Å². The molecule has 89 heavy (non-hydrogen) atoms. The van der Waals surface area contributed by atoms with Gasteiger partial charge in [-0.2, -0.15) is 0 Å². The van der Waals surface area contributed by atoms with Crippen molar-refractivity contribution in [1.82, 2.24) is 42.8 Å². The van der Waals surface area contributed by atoms with Crippen LogP contribution in [-0.4, -0.2) is 42.8 Å². The molecule has 19 rings (SSSR count). The van der Waals surface area contributed by atoms with Gasteiger partial charge >= 0.3 is 0 Å². The first-order chi connectivity index (χ1) is 44.1. The van der Waals surface area contributed by atoms with Crippen molar-refractivity contribution >= 4 is 109 Å². The largest absolute Gasteiger partial charge is 0.309 e. The smallest absolute Gasteiger partial charge is 0.164 e. The summed E-state index contributed by atoms with van der Waals surface area (Å²) in [6.45, 7) is 0. The Balaban J connectivity index is 0.735. The molecule has 19 aromatic rings. The van der Waals surface area contributed by atoms with Gasteiger partial charge in [0, 0.05) is 105 Å². The van der Waals surface area contributed by atoms with Crippen LogP contribution in [0.15, 0.2) is 298 Å². The lowest BCUT2D eigenvalue weighted by Crippen LogP contribution is -2.02. The number of fused-ring (bicyclic) bond motifs is 15. The number of pyridine rings is 1. The van der Waals surface area contributed by atoms with Crippen molar-refractivity contribution in [1.29, 1.82) is 0 Å². The summed E-state index contributed by atoms with van der Waals surface area (Å²) in [7, 11) is 0. The van der Waals surface area contributed by atoms with E-state index in [1.54, 1.807) is 0 Å². The first kappa shape index (κ1) is 49.1. The van der Waals surface area contributed by atoms with E-state index in [0.29, 0.717) is 17.5 Å². The second kappa shape index (κ2) is 19.2. The summed E-state index contributed by atoms with van der Waals surface area (Å²) in [4.78, 5) is 20.6. The highest BCUT2D eigenvalue weighted by atomic mass is 15.1. The molecular weight excluding hydrogens is 1090 g/mol. The molecule has 0 aliphatic rings. The van der Waals surface area contributed by atoms with Gasteiger partial charge in [0.25, 0.3) is 0 Å². The minimum atomic E-state index is 0.571. The molecule has 0 saturated carbocycles. The van der Waals surface area contributed by atoms with Gasteiger partial charge in [-0.25, -0.2) is 15.0 Å². The summed E-state index contributed by atoms with van der Waals surface area (Å²) < 4.78 is 11.8. The van der Waals surface area contributed by atoms with Crippen LogP contribution >= 0.6 is 0 Å². The summed E-state index contributed by atoms with van der Waals surface area (Å²) in [6, 6.07) is 102.